The van der Waals surface area contributed by atoms with Crippen LogP contribution in [0.2, 0.25) is 0 Å². The number of carbonyl (C=O) groups excluding carboxylic acids is 1. The molecule has 0 aliphatic rings. The Labute approximate surface area is 116 Å². The van der Waals surface area contributed by atoms with Gasteiger partial charge in [0, 0.05) is 23.3 Å². The van der Waals surface area contributed by atoms with Crippen LogP contribution in [0.25, 0.3) is 0 Å². The molecule has 0 aliphatic carbocycles. The van der Waals surface area contributed by atoms with E-state index in [9.17, 15) is 4.79 Å². The van der Waals surface area contributed by atoms with E-state index >= 15 is 0 Å². The van der Waals surface area contributed by atoms with E-state index in [0.717, 1.165) is 17.8 Å². The summed E-state index contributed by atoms with van der Waals surface area (Å²) in [4.78, 5) is 11.6. The normalized spacial score (nSPS) is 12.6. The van der Waals surface area contributed by atoms with Crippen molar-refractivity contribution in [2.75, 3.05) is 10.6 Å². The Morgan fingerprint density at radius 1 is 1.00 bits per heavy atom. The highest BCUT2D eigenvalue weighted by Crippen LogP contribution is 2.17. The van der Waals surface area contributed by atoms with Crippen molar-refractivity contribution in [3.8, 4) is 0 Å². The van der Waals surface area contributed by atoms with Gasteiger partial charge in [0.05, 0.1) is 0 Å². The molecular weight excluding hydrogens is 236 g/mol. The molecule has 0 saturated carbocycles. The molecule has 1 aromatic rings. The molecule has 1 rings (SSSR count). The van der Waals surface area contributed by atoms with Gasteiger partial charge in [-0.15, -0.1) is 0 Å². The van der Waals surface area contributed by atoms with Crippen molar-refractivity contribution >= 4 is 17.3 Å². The van der Waals surface area contributed by atoms with Crippen LogP contribution in [0.3, 0.4) is 0 Å². The summed E-state index contributed by atoms with van der Waals surface area (Å²) in [5, 5.41) is 6.35. The summed E-state index contributed by atoms with van der Waals surface area (Å²) in [6, 6.07) is 8.34. The fourth-order valence-corrected chi connectivity index (χ4v) is 1.99. The second-order valence-corrected chi connectivity index (χ2v) is 5.90. The van der Waals surface area contributed by atoms with Gasteiger partial charge >= 0.3 is 0 Å². The molecule has 1 atom stereocenters. The van der Waals surface area contributed by atoms with Crippen LogP contribution in [0.15, 0.2) is 24.3 Å². The Morgan fingerprint density at radius 3 is 2.00 bits per heavy atom. The van der Waals surface area contributed by atoms with Gasteiger partial charge in [-0.25, -0.2) is 0 Å². The molecule has 1 amide bonds. The number of nitrogens with one attached hydrogen (secondary N) is 2. The molecular formula is C16H26N2O. The van der Waals surface area contributed by atoms with Gasteiger partial charge in [0.15, 0.2) is 0 Å². The molecule has 0 saturated heterocycles. The lowest BCUT2D eigenvalue weighted by atomic mass is 10.1. The van der Waals surface area contributed by atoms with Crippen LogP contribution in [0.5, 0.6) is 0 Å². The second-order valence-electron chi connectivity index (χ2n) is 5.90. The third-order valence-corrected chi connectivity index (χ3v) is 2.91. The molecule has 0 bridgehead atoms. The van der Waals surface area contributed by atoms with Crippen molar-refractivity contribution in [1.29, 1.82) is 0 Å². The average Bonchev–Trinajstić information content (AvgIpc) is 2.30. The van der Waals surface area contributed by atoms with Gasteiger partial charge in [-0.3, -0.25) is 4.79 Å². The smallest absolute Gasteiger partial charge is 0.226 e. The largest absolute Gasteiger partial charge is 0.383 e. The molecule has 1 aromatic carbocycles. The van der Waals surface area contributed by atoms with Crippen molar-refractivity contribution < 1.29 is 4.79 Å². The summed E-state index contributed by atoms with van der Waals surface area (Å²) >= 11 is 0. The second kappa shape index (κ2) is 7.17. The van der Waals surface area contributed by atoms with E-state index in [4.69, 9.17) is 0 Å². The highest BCUT2D eigenvalue weighted by Gasteiger charge is 2.07. The van der Waals surface area contributed by atoms with Crippen molar-refractivity contribution in [2.45, 2.75) is 47.1 Å². The maximum Gasteiger partial charge on any atom is 0.226 e. The summed E-state index contributed by atoms with van der Waals surface area (Å²) in [5.74, 6) is 0.741. The van der Waals surface area contributed by atoms with Crippen LogP contribution in [-0.2, 0) is 4.79 Å². The fraction of sp³-hybridized carbons (Fsp3) is 0.562. The van der Waals surface area contributed by atoms with Gasteiger partial charge in [0.1, 0.15) is 0 Å². The third kappa shape index (κ3) is 5.77. The molecule has 3 nitrogen and oxygen atoms in total. The van der Waals surface area contributed by atoms with Gasteiger partial charge in [0.2, 0.25) is 5.91 Å². The maximum absolute atomic E-state index is 11.6. The van der Waals surface area contributed by atoms with Crippen LogP contribution >= 0.6 is 0 Å². The van der Waals surface area contributed by atoms with Crippen molar-refractivity contribution in [2.24, 2.45) is 11.8 Å². The van der Waals surface area contributed by atoms with Crippen LogP contribution in [-0.4, -0.2) is 11.9 Å². The SMILES string of the molecule is CC(C)CC(C)Nc1ccc(NC(=O)C(C)C)cc1. The quantitative estimate of drug-likeness (QED) is 0.809. The fourth-order valence-electron chi connectivity index (χ4n) is 1.99. The molecule has 0 heterocycles. The minimum Gasteiger partial charge on any atom is -0.383 e. The van der Waals surface area contributed by atoms with Gasteiger partial charge in [0.25, 0.3) is 0 Å². The first-order valence-corrected chi connectivity index (χ1v) is 7.06. The molecule has 1 unspecified atom stereocenters. The summed E-state index contributed by atoms with van der Waals surface area (Å²) in [6.07, 6.45) is 1.14. The number of benzene rings is 1. The molecule has 19 heavy (non-hydrogen) atoms. The number of rotatable bonds is 6. The standard InChI is InChI=1S/C16H26N2O/c1-11(2)10-13(5)17-14-6-8-15(9-7-14)18-16(19)12(3)4/h6-9,11-13,17H,10H2,1-5H3,(H,18,19). The molecule has 0 fully saturated rings. The predicted molar refractivity (Wildman–Crippen MR) is 82.4 cm³/mol. The lowest BCUT2D eigenvalue weighted by Gasteiger charge is -2.17. The van der Waals surface area contributed by atoms with Crippen molar-refractivity contribution in [1.82, 2.24) is 0 Å². The van der Waals surface area contributed by atoms with E-state index < -0.39 is 0 Å². The zero-order valence-corrected chi connectivity index (χ0v) is 12.7. The van der Waals surface area contributed by atoms with E-state index in [1.54, 1.807) is 0 Å². The minimum atomic E-state index is 0.00358. The number of anilines is 2. The summed E-state index contributed by atoms with van der Waals surface area (Å²) in [7, 11) is 0. The lowest BCUT2D eigenvalue weighted by Crippen LogP contribution is -2.18. The summed E-state index contributed by atoms with van der Waals surface area (Å²) < 4.78 is 0. The van der Waals surface area contributed by atoms with Crippen molar-refractivity contribution in [3.05, 3.63) is 24.3 Å². The molecule has 0 radical (unpaired) electrons. The predicted octanol–water partition coefficient (Wildman–Crippen LogP) is 4.13. The first-order valence-electron chi connectivity index (χ1n) is 7.06. The first-order chi connectivity index (χ1) is 8.88. The van der Waals surface area contributed by atoms with E-state index in [2.05, 4.69) is 31.4 Å². The number of amides is 1. The first kappa shape index (κ1) is 15.5. The van der Waals surface area contributed by atoms with E-state index in [-0.39, 0.29) is 11.8 Å². The molecule has 0 aromatic heterocycles. The average molecular weight is 262 g/mol. The monoisotopic (exact) mass is 262 g/mol. The Bertz CT molecular complexity index is 396. The van der Waals surface area contributed by atoms with Crippen LogP contribution < -0.4 is 10.6 Å². The molecule has 0 spiro atoms. The summed E-state index contributed by atoms with van der Waals surface area (Å²) in [6.45, 7) is 10.4. The Morgan fingerprint density at radius 2 is 1.53 bits per heavy atom. The highest BCUT2D eigenvalue weighted by molar-refractivity contribution is 5.92. The molecule has 2 N–H and O–H groups in total. The minimum absolute atomic E-state index is 0.00358. The van der Waals surface area contributed by atoms with E-state index in [1.807, 2.05) is 38.1 Å². The van der Waals surface area contributed by atoms with Crippen LogP contribution in [0, 0.1) is 11.8 Å². The topological polar surface area (TPSA) is 41.1 Å². The van der Waals surface area contributed by atoms with Gasteiger partial charge < -0.3 is 10.6 Å². The van der Waals surface area contributed by atoms with Gasteiger partial charge in [-0.1, -0.05) is 27.7 Å². The Hall–Kier alpha value is -1.51. The zero-order chi connectivity index (χ0) is 14.4. The zero-order valence-electron chi connectivity index (χ0n) is 12.7. The number of carbonyl (C=O) groups is 1. The van der Waals surface area contributed by atoms with Crippen LogP contribution in [0.4, 0.5) is 11.4 Å². The third-order valence-electron chi connectivity index (χ3n) is 2.91. The molecule has 3 heteroatoms. The maximum atomic E-state index is 11.6. The molecule has 0 aliphatic heterocycles. The summed E-state index contributed by atoms with van der Waals surface area (Å²) in [5.41, 5.74) is 1.94. The Balaban J connectivity index is 2.54. The highest BCUT2D eigenvalue weighted by atomic mass is 16.1. The lowest BCUT2D eigenvalue weighted by molar-refractivity contribution is -0.118. The van der Waals surface area contributed by atoms with Crippen LogP contribution in [0.1, 0.15) is 41.0 Å². The van der Waals surface area contributed by atoms with Crippen molar-refractivity contribution in [3.63, 3.8) is 0 Å². The van der Waals surface area contributed by atoms with E-state index in [1.165, 1.54) is 0 Å². The van der Waals surface area contributed by atoms with Gasteiger partial charge in [-0.2, -0.15) is 0 Å². The van der Waals surface area contributed by atoms with Gasteiger partial charge in [-0.05, 0) is 43.5 Å². The van der Waals surface area contributed by atoms with E-state index in [0.29, 0.717) is 12.0 Å². The Kier molecular flexibility index (Phi) is 5.87. The molecule has 106 valence electrons. The number of hydrogen-bond acceptors (Lipinski definition) is 2. The number of hydrogen-bond donors (Lipinski definition) is 2.